The number of para-hydroxylation sites is 4. The van der Waals surface area contributed by atoms with E-state index < -0.39 is 10.8 Å². The first kappa shape index (κ1) is 36.3. The standard InChI is InChI=1S/C59H38N4O/c1-3-19-39(20-4-1)55-60-56(40-21-5-2-6-22-40)62-57(61-55)41-35-37-42(38-36-41)63-51-31-15-11-27-47(51)58(48-28-12-16-32-52(48)63)43-23-7-9-25-45(43)59(46-26-10-8-24-44(46)58)49-29-13-17-33-53(49)64-54-34-18-14-30-50(54)59/h1-38H. The van der Waals surface area contributed by atoms with Crippen molar-refractivity contribution in [1.29, 1.82) is 0 Å². The van der Waals surface area contributed by atoms with Gasteiger partial charge < -0.3 is 9.64 Å². The first-order valence-electron chi connectivity index (χ1n) is 21.8. The largest absolute Gasteiger partial charge is 0.457 e. The maximum atomic E-state index is 6.72. The molecule has 13 rings (SSSR count). The minimum Gasteiger partial charge on any atom is -0.457 e. The van der Waals surface area contributed by atoms with Crippen LogP contribution in [0.2, 0.25) is 0 Å². The molecule has 0 N–H and O–H groups in total. The third kappa shape index (κ3) is 5.03. The second kappa shape index (κ2) is 14.1. The van der Waals surface area contributed by atoms with Gasteiger partial charge in [-0.2, -0.15) is 0 Å². The Bertz CT molecular complexity index is 3240. The van der Waals surface area contributed by atoms with E-state index in [0.717, 1.165) is 56.4 Å². The second-order valence-corrected chi connectivity index (χ2v) is 16.6. The number of hydrogen-bond acceptors (Lipinski definition) is 5. The van der Waals surface area contributed by atoms with Crippen molar-refractivity contribution >= 4 is 17.1 Å². The van der Waals surface area contributed by atoms with Crippen molar-refractivity contribution in [2.45, 2.75) is 10.8 Å². The van der Waals surface area contributed by atoms with Gasteiger partial charge in [0.25, 0.3) is 0 Å². The van der Waals surface area contributed by atoms with Crippen molar-refractivity contribution < 1.29 is 4.74 Å². The zero-order valence-corrected chi connectivity index (χ0v) is 34.6. The molecule has 1 aliphatic carbocycles. The molecule has 0 bridgehead atoms. The van der Waals surface area contributed by atoms with Gasteiger partial charge in [0.15, 0.2) is 17.5 Å². The number of ether oxygens (including phenoxy) is 1. The molecule has 9 aromatic carbocycles. The fourth-order valence-electron chi connectivity index (χ4n) is 10.9. The molecule has 3 aliphatic rings. The Morgan fingerprint density at radius 1 is 0.281 bits per heavy atom. The van der Waals surface area contributed by atoms with E-state index in [1.54, 1.807) is 0 Å². The van der Waals surface area contributed by atoms with Crippen LogP contribution in [0.15, 0.2) is 231 Å². The number of rotatable bonds is 4. The lowest BCUT2D eigenvalue weighted by Crippen LogP contribution is -2.48. The third-order valence-electron chi connectivity index (χ3n) is 13.5. The zero-order chi connectivity index (χ0) is 42.2. The smallest absolute Gasteiger partial charge is 0.164 e. The van der Waals surface area contributed by atoms with Crippen LogP contribution in [-0.2, 0) is 10.8 Å². The maximum Gasteiger partial charge on any atom is 0.164 e. The molecular formula is C59H38N4O. The quantitative estimate of drug-likeness (QED) is 0.177. The van der Waals surface area contributed by atoms with Crippen molar-refractivity contribution in [2.24, 2.45) is 0 Å². The normalized spacial score (nSPS) is 14.3. The molecule has 300 valence electrons. The van der Waals surface area contributed by atoms with Crippen LogP contribution in [0.4, 0.5) is 17.1 Å². The third-order valence-corrected chi connectivity index (χ3v) is 13.5. The topological polar surface area (TPSA) is 51.1 Å². The van der Waals surface area contributed by atoms with Crippen LogP contribution in [0.25, 0.3) is 34.2 Å². The van der Waals surface area contributed by atoms with E-state index in [0.29, 0.717) is 17.5 Å². The van der Waals surface area contributed by atoms with Crippen LogP contribution in [0.3, 0.4) is 0 Å². The van der Waals surface area contributed by atoms with E-state index in [1.165, 1.54) is 33.4 Å². The Hall–Kier alpha value is -8.41. The van der Waals surface area contributed by atoms with Gasteiger partial charge in [-0.1, -0.05) is 182 Å². The zero-order valence-electron chi connectivity index (χ0n) is 34.6. The van der Waals surface area contributed by atoms with Gasteiger partial charge >= 0.3 is 0 Å². The first-order chi connectivity index (χ1) is 31.7. The molecule has 10 aromatic rings. The van der Waals surface area contributed by atoms with E-state index >= 15 is 0 Å². The van der Waals surface area contributed by atoms with Crippen LogP contribution < -0.4 is 9.64 Å². The average molecular weight is 819 g/mol. The Labute approximate surface area is 371 Å². The van der Waals surface area contributed by atoms with Crippen molar-refractivity contribution in [1.82, 2.24) is 15.0 Å². The van der Waals surface area contributed by atoms with Crippen LogP contribution in [-0.4, -0.2) is 15.0 Å². The molecule has 0 radical (unpaired) electrons. The van der Waals surface area contributed by atoms with Gasteiger partial charge in [0.2, 0.25) is 0 Å². The van der Waals surface area contributed by atoms with Gasteiger partial charge in [-0.15, -0.1) is 0 Å². The monoisotopic (exact) mass is 818 g/mol. The second-order valence-electron chi connectivity index (χ2n) is 16.6. The molecule has 5 heteroatoms. The van der Waals surface area contributed by atoms with E-state index in [-0.39, 0.29) is 0 Å². The average Bonchev–Trinajstić information content (AvgIpc) is 3.38. The van der Waals surface area contributed by atoms with E-state index in [1.807, 2.05) is 60.7 Å². The number of hydrogen-bond donors (Lipinski definition) is 0. The summed E-state index contributed by atoms with van der Waals surface area (Å²) in [6, 6.07) is 82.3. The Balaban J connectivity index is 1.02. The lowest BCUT2D eigenvalue weighted by molar-refractivity contribution is 0.428. The summed E-state index contributed by atoms with van der Waals surface area (Å²) in [5.74, 6) is 3.66. The fourth-order valence-corrected chi connectivity index (χ4v) is 10.9. The Kier molecular flexibility index (Phi) is 7.97. The molecule has 3 heterocycles. The molecule has 1 aromatic heterocycles. The highest BCUT2D eigenvalue weighted by atomic mass is 16.5. The summed E-state index contributed by atoms with van der Waals surface area (Å²) < 4.78 is 6.72. The summed E-state index contributed by atoms with van der Waals surface area (Å²) in [5, 5.41) is 0. The summed E-state index contributed by atoms with van der Waals surface area (Å²) in [6.07, 6.45) is 0. The number of benzene rings is 9. The van der Waals surface area contributed by atoms with Crippen LogP contribution in [0.5, 0.6) is 11.5 Å². The first-order valence-corrected chi connectivity index (χ1v) is 21.8. The van der Waals surface area contributed by atoms with Crippen LogP contribution in [0.1, 0.15) is 44.5 Å². The molecule has 0 saturated carbocycles. The summed E-state index contributed by atoms with van der Waals surface area (Å²) in [4.78, 5) is 17.4. The SMILES string of the molecule is c1ccc(-c2nc(-c3ccccc3)nc(-c3ccc(N4c5ccccc5C5(c6ccccc64)c4ccccc4C4(c6ccccc6Oc6ccccc64)c4ccccc45)cc3)n2)cc1. The van der Waals surface area contributed by atoms with Crippen LogP contribution in [0, 0.1) is 0 Å². The number of fused-ring (bicyclic) bond motifs is 14. The van der Waals surface area contributed by atoms with Gasteiger partial charge in [0.05, 0.1) is 22.2 Å². The molecule has 0 atom stereocenters. The predicted molar refractivity (Wildman–Crippen MR) is 255 cm³/mol. The summed E-state index contributed by atoms with van der Waals surface area (Å²) in [7, 11) is 0. The van der Waals surface area contributed by atoms with Crippen molar-refractivity contribution in [3.05, 3.63) is 275 Å². The molecule has 2 aliphatic heterocycles. The van der Waals surface area contributed by atoms with Crippen LogP contribution >= 0.6 is 0 Å². The molecule has 0 saturated heterocycles. The van der Waals surface area contributed by atoms with Gasteiger partial charge in [-0.3, -0.25) is 0 Å². The molecule has 0 fully saturated rings. The molecule has 0 unspecified atom stereocenters. The highest BCUT2D eigenvalue weighted by Gasteiger charge is 2.58. The highest BCUT2D eigenvalue weighted by Crippen LogP contribution is 2.67. The van der Waals surface area contributed by atoms with E-state index in [9.17, 15) is 0 Å². The minimum absolute atomic E-state index is 0.623. The lowest BCUT2D eigenvalue weighted by Gasteiger charge is -2.54. The highest BCUT2D eigenvalue weighted by molar-refractivity contribution is 5.92. The van der Waals surface area contributed by atoms with Crippen molar-refractivity contribution in [3.63, 3.8) is 0 Å². The molecule has 0 amide bonds. The van der Waals surface area contributed by atoms with Gasteiger partial charge in [0.1, 0.15) is 11.5 Å². The van der Waals surface area contributed by atoms with E-state index in [4.69, 9.17) is 19.7 Å². The molecular weight excluding hydrogens is 781 g/mol. The lowest BCUT2D eigenvalue weighted by atomic mass is 9.49. The maximum absolute atomic E-state index is 6.72. The summed E-state index contributed by atoms with van der Waals surface area (Å²) >= 11 is 0. The summed E-state index contributed by atoms with van der Waals surface area (Å²) in [5.41, 5.74) is 14.6. The molecule has 2 spiro atoms. The minimum atomic E-state index is -0.656. The Morgan fingerprint density at radius 2 is 0.594 bits per heavy atom. The predicted octanol–water partition coefficient (Wildman–Crippen LogP) is 13.8. The molecule has 5 nitrogen and oxygen atoms in total. The number of aromatic nitrogens is 3. The Morgan fingerprint density at radius 3 is 1.02 bits per heavy atom. The van der Waals surface area contributed by atoms with Gasteiger partial charge in [-0.25, -0.2) is 15.0 Å². The number of anilines is 3. The van der Waals surface area contributed by atoms with E-state index in [2.05, 4.69) is 175 Å². The summed E-state index contributed by atoms with van der Waals surface area (Å²) in [6.45, 7) is 0. The fraction of sp³-hybridized carbons (Fsp3) is 0.0339. The molecule has 64 heavy (non-hydrogen) atoms. The van der Waals surface area contributed by atoms with Gasteiger partial charge in [-0.05, 0) is 81.9 Å². The van der Waals surface area contributed by atoms with Crippen molar-refractivity contribution in [3.8, 4) is 45.7 Å². The van der Waals surface area contributed by atoms with Gasteiger partial charge in [0, 0.05) is 33.5 Å². The number of nitrogens with zero attached hydrogens (tertiary/aromatic N) is 4. The van der Waals surface area contributed by atoms with Crippen molar-refractivity contribution in [2.75, 3.05) is 4.90 Å².